The molecule has 0 aromatic carbocycles. The van der Waals surface area contributed by atoms with Crippen LogP contribution in [-0.4, -0.2) is 26.3 Å². The van der Waals surface area contributed by atoms with E-state index < -0.39 is 0 Å². The van der Waals surface area contributed by atoms with Crippen LogP contribution in [0.15, 0.2) is 11.6 Å². The number of allylic oxidation sites excluding steroid dienone is 1. The zero-order chi connectivity index (χ0) is 12.5. The third kappa shape index (κ3) is 4.81. The Kier molecular flexibility index (Phi) is 7.54. The van der Waals surface area contributed by atoms with Gasteiger partial charge in [0.15, 0.2) is 0 Å². The minimum Gasteiger partial charge on any atom is -0.379 e. The maximum atomic E-state index is 5.67. The summed E-state index contributed by atoms with van der Waals surface area (Å²) in [6.07, 6.45) is 13.1. The molecule has 17 heavy (non-hydrogen) atoms. The molecule has 2 unspecified atom stereocenters. The van der Waals surface area contributed by atoms with Gasteiger partial charge in [0, 0.05) is 7.11 Å². The first-order chi connectivity index (χ1) is 8.33. The summed E-state index contributed by atoms with van der Waals surface area (Å²) in [5, 5.41) is 3.46. The Labute approximate surface area is 107 Å². The molecule has 2 nitrogen and oxygen atoms in total. The van der Waals surface area contributed by atoms with E-state index in [1.165, 1.54) is 44.9 Å². The van der Waals surface area contributed by atoms with Crippen molar-refractivity contribution in [3.05, 3.63) is 11.6 Å². The molecule has 0 amide bonds. The Balaban J connectivity index is 2.67. The summed E-state index contributed by atoms with van der Waals surface area (Å²) < 4.78 is 5.67. The van der Waals surface area contributed by atoms with Crippen LogP contribution in [0.4, 0.5) is 0 Å². The molecular weight excluding hydrogens is 210 g/mol. The molecule has 0 heterocycles. The Morgan fingerprint density at radius 1 is 1.29 bits per heavy atom. The molecule has 2 heteroatoms. The van der Waals surface area contributed by atoms with Crippen LogP contribution >= 0.6 is 0 Å². The fraction of sp³-hybridized carbons (Fsp3) is 0.867. The SMILES string of the molecule is CCCC(OC)C(NC)C1=CCCCCCC1. The maximum absolute atomic E-state index is 5.67. The summed E-state index contributed by atoms with van der Waals surface area (Å²) >= 11 is 0. The van der Waals surface area contributed by atoms with Crippen LogP contribution in [0, 0.1) is 0 Å². The van der Waals surface area contributed by atoms with Gasteiger partial charge in [-0.05, 0) is 39.2 Å². The van der Waals surface area contributed by atoms with E-state index in [-0.39, 0.29) is 0 Å². The highest BCUT2D eigenvalue weighted by molar-refractivity contribution is 5.14. The van der Waals surface area contributed by atoms with Gasteiger partial charge >= 0.3 is 0 Å². The summed E-state index contributed by atoms with van der Waals surface area (Å²) in [5.74, 6) is 0. The van der Waals surface area contributed by atoms with Crippen molar-refractivity contribution in [2.45, 2.75) is 70.4 Å². The summed E-state index contributed by atoms with van der Waals surface area (Å²) in [5.41, 5.74) is 1.58. The molecule has 0 aliphatic heterocycles. The zero-order valence-corrected chi connectivity index (χ0v) is 11.8. The molecule has 0 aromatic rings. The van der Waals surface area contributed by atoms with Gasteiger partial charge in [0.05, 0.1) is 12.1 Å². The average Bonchev–Trinajstić information content (AvgIpc) is 2.30. The van der Waals surface area contributed by atoms with Gasteiger partial charge in [0.1, 0.15) is 0 Å². The third-order valence-corrected chi connectivity index (χ3v) is 3.78. The average molecular weight is 239 g/mol. The topological polar surface area (TPSA) is 21.3 Å². The van der Waals surface area contributed by atoms with Crippen molar-refractivity contribution >= 4 is 0 Å². The second-order valence-corrected chi connectivity index (χ2v) is 5.06. The van der Waals surface area contributed by atoms with E-state index in [1.807, 2.05) is 7.11 Å². The van der Waals surface area contributed by atoms with E-state index in [0.717, 1.165) is 6.42 Å². The molecule has 1 N–H and O–H groups in total. The molecule has 0 fully saturated rings. The number of rotatable bonds is 6. The first-order valence-electron chi connectivity index (χ1n) is 7.22. The molecular formula is C15H29NO. The molecule has 0 spiro atoms. The lowest BCUT2D eigenvalue weighted by Crippen LogP contribution is -2.40. The summed E-state index contributed by atoms with van der Waals surface area (Å²) in [6.45, 7) is 2.23. The van der Waals surface area contributed by atoms with E-state index in [0.29, 0.717) is 12.1 Å². The van der Waals surface area contributed by atoms with E-state index in [1.54, 1.807) is 5.57 Å². The molecule has 0 aromatic heterocycles. The second kappa shape index (κ2) is 8.71. The van der Waals surface area contributed by atoms with E-state index in [4.69, 9.17) is 4.74 Å². The number of ether oxygens (including phenoxy) is 1. The molecule has 1 aliphatic carbocycles. The molecule has 1 aliphatic rings. The minimum atomic E-state index is 0.329. The van der Waals surface area contributed by atoms with Gasteiger partial charge in [0.25, 0.3) is 0 Å². The van der Waals surface area contributed by atoms with Crippen molar-refractivity contribution in [2.24, 2.45) is 0 Å². The van der Waals surface area contributed by atoms with Crippen molar-refractivity contribution < 1.29 is 4.74 Å². The van der Waals surface area contributed by atoms with E-state index >= 15 is 0 Å². The summed E-state index contributed by atoms with van der Waals surface area (Å²) in [4.78, 5) is 0. The second-order valence-electron chi connectivity index (χ2n) is 5.06. The van der Waals surface area contributed by atoms with Crippen LogP contribution < -0.4 is 5.32 Å². The lowest BCUT2D eigenvalue weighted by atomic mass is 9.90. The largest absolute Gasteiger partial charge is 0.379 e. The normalized spacial score (nSPS) is 21.2. The van der Waals surface area contributed by atoms with Crippen molar-refractivity contribution in [2.75, 3.05) is 14.2 Å². The number of hydrogen-bond acceptors (Lipinski definition) is 2. The quantitative estimate of drug-likeness (QED) is 0.714. The maximum Gasteiger partial charge on any atom is 0.0762 e. The van der Waals surface area contributed by atoms with Crippen molar-refractivity contribution in [1.82, 2.24) is 5.32 Å². The standard InChI is InChI=1S/C15H29NO/c1-4-10-14(17-3)15(16-2)13-11-8-6-5-7-9-12-13/h11,14-16H,4-10,12H2,1-3H3. The first kappa shape index (κ1) is 14.7. The summed E-state index contributed by atoms with van der Waals surface area (Å²) in [6, 6.07) is 0.415. The van der Waals surface area contributed by atoms with E-state index in [9.17, 15) is 0 Å². The van der Waals surface area contributed by atoms with Gasteiger partial charge in [-0.25, -0.2) is 0 Å². The molecule has 100 valence electrons. The lowest BCUT2D eigenvalue weighted by molar-refractivity contribution is 0.0722. The van der Waals surface area contributed by atoms with Crippen LogP contribution in [0.3, 0.4) is 0 Å². The van der Waals surface area contributed by atoms with Crippen LogP contribution in [0.1, 0.15) is 58.3 Å². The smallest absolute Gasteiger partial charge is 0.0762 e. The fourth-order valence-electron chi connectivity index (χ4n) is 2.81. The third-order valence-electron chi connectivity index (χ3n) is 3.78. The number of methoxy groups -OCH3 is 1. The Morgan fingerprint density at radius 2 is 2.06 bits per heavy atom. The van der Waals surface area contributed by atoms with Crippen molar-refractivity contribution in [3.63, 3.8) is 0 Å². The predicted octanol–water partition coefficient (Wildman–Crippen LogP) is 3.67. The van der Waals surface area contributed by atoms with Crippen LogP contribution in [0.2, 0.25) is 0 Å². The van der Waals surface area contributed by atoms with Crippen molar-refractivity contribution in [3.8, 4) is 0 Å². The fourth-order valence-corrected chi connectivity index (χ4v) is 2.81. The molecule has 0 saturated heterocycles. The first-order valence-corrected chi connectivity index (χ1v) is 7.22. The van der Waals surface area contributed by atoms with Crippen LogP contribution in [0.5, 0.6) is 0 Å². The molecule has 0 saturated carbocycles. The molecule has 0 radical (unpaired) electrons. The molecule has 0 bridgehead atoms. The highest BCUT2D eigenvalue weighted by atomic mass is 16.5. The van der Waals surface area contributed by atoms with Gasteiger partial charge < -0.3 is 10.1 Å². The predicted molar refractivity (Wildman–Crippen MR) is 74.3 cm³/mol. The van der Waals surface area contributed by atoms with Gasteiger partial charge in [-0.1, -0.05) is 37.8 Å². The molecule has 2 atom stereocenters. The zero-order valence-electron chi connectivity index (χ0n) is 11.8. The number of likely N-dealkylation sites (N-methyl/N-ethyl adjacent to an activating group) is 1. The van der Waals surface area contributed by atoms with Gasteiger partial charge in [0.2, 0.25) is 0 Å². The Bertz CT molecular complexity index is 225. The minimum absolute atomic E-state index is 0.329. The highest BCUT2D eigenvalue weighted by Gasteiger charge is 2.22. The van der Waals surface area contributed by atoms with Gasteiger partial charge in [-0.3, -0.25) is 0 Å². The summed E-state index contributed by atoms with van der Waals surface area (Å²) in [7, 11) is 3.90. The van der Waals surface area contributed by atoms with E-state index in [2.05, 4.69) is 25.4 Å². The molecule has 1 rings (SSSR count). The lowest BCUT2D eigenvalue weighted by Gasteiger charge is -2.29. The number of hydrogen-bond donors (Lipinski definition) is 1. The monoisotopic (exact) mass is 239 g/mol. The van der Waals surface area contributed by atoms with Gasteiger partial charge in [-0.15, -0.1) is 0 Å². The Morgan fingerprint density at radius 3 is 2.71 bits per heavy atom. The highest BCUT2D eigenvalue weighted by Crippen LogP contribution is 2.23. The van der Waals surface area contributed by atoms with Crippen LogP contribution in [-0.2, 0) is 4.74 Å². The van der Waals surface area contributed by atoms with Gasteiger partial charge in [-0.2, -0.15) is 0 Å². The Hall–Kier alpha value is -0.340. The number of nitrogens with one attached hydrogen (secondary N) is 1. The van der Waals surface area contributed by atoms with Crippen LogP contribution in [0.25, 0.3) is 0 Å². The van der Waals surface area contributed by atoms with Crippen molar-refractivity contribution in [1.29, 1.82) is 0 Å².